The number of carbonyl (C=O) groups is 2. The fraction of sp³-hybridized carbons (Fsp3) is 0.161. The van der Waals surface area contributed by atoms with E-state index in [9.17, 15) is 14.0 Å². The molecular formula is C31H25FN4O3. The van der Waals surface area contributed by atoms with E-state index in [4.69, 9.17) is 4.74 Å². The SMILES string of the molecule is O=C1C(CCC(=O)n2nnc3ccccc32)C(c2ccc(OCc3ccccc3)cc2)N1c1ccc(F)cc1. The molecule has 39 heavy (non-hydrogen) atoms. The zero-order chi connectivity index (χ0) is 26.8. The molecule has 2 atom stereocenters. The molecular weight excluding hydrogens is 495 g/mol. The molecule has 1 aliphatic rings. The van der Waals surface area contributed by atoms with Crippen molar-refractivity contribution in [2.45, 2.75) is 25.5 Å². The number of fused-ring (bicyclic) bond motifs is 1. The molecule has 0 N–H and O–H groups in total. The summed E-state index contributed by atoms with van der Waals surface area (Å²) in [4.78, 5) is 28.0. The second kappa shape index (κ2) is 10.5. The minimum absolute atomic E-state index is 0.104. The predicted octanol–water partition coefficient (Wildman–Crippen LogP) is 5.97. The summed E-state index contributed by atoms with van der Waals surface area (Å²) in [5.41, 5.74) is 3.87. The number of carbonyl (C=O) groups excluding carboxylic acids is 2. The zero-order valence-electron chi connectivity index (χ0n) is 21.0. The summed E-state index contributed by atoms with van der Waals surface area (Å²) in [6, 6.07) is 30.4. The first kappa shape index (κ1) is 24.5. The van der Waals surface area contributed by atoms with Gasteiger partial charge in [-0.3, -0.25) is 9.59 Å². The molecule has 7 nitrogen and oxygen atoms in total. The van der Waals surface area contributed by atoms with Crippen molar-refractivity contribution < 1.29 is 18.7 Å². The third kappa shape index (κ3) is 4.88. The van der Waals surface area contributed by atoms with Crippen LogP contribution in [-0.4, -0.2) is 26.8 Å². The van der Waals surface area contributed by atoms with Gasteiger partial charge in [-0.1, -0.05) is 59.8 Å². The molecule has 4 aromatic carbocycles. The lowest BCUT2D eigenvalue weighted by Gasteiger charge is -2.47. The van der Waals surface area contributed by atoms with E-state index in [1.165, 1.54) is 16.8 Å². The first-order valence-corrected chi connectivity index (χ1v) is 12.8. The smallest absolute Gasteiger partial charge is 0.248 e. The Hall–Kier alpha value is -4.85. The quantitative estimate of drug-likeness (QED) is 0.236. The highest BCUT2D eigenvalue weighted by Crippen LogP contribution is 2.46. The molecule has 0 spiro atoms. The van der Waals surface area contributed by atoms with Crippen LogP contribution in [-0.2, 0) is 11.4 Å². The summed E-state index contributed by atoms with van der Waals surface area (Å²) in [5.74, 6) is -0.394. The van der Waals surface area contributed by atoms with E-state index in [1.54, 1.807) is 29.2 Å². The molecule has 194 valence electrons. The molecule has 2 heterocycles. The van der Waals surface area contributed by atoms with E-state index in [0.717, 1.165) is 11.1 Å². The van der Waals surface area contributed by atoms with Crippen LogP contribution >= 0.6 is 0 Å². The third-order valence-corrected chi connectivity index (χ3v) is 7.05. The summed E-state index contributed by atoms with van der Waals surface area (Å²) in [5, 5.41) is 8.06. The van der Waals surface area contributed by atoms with Gasteiger partial charge in [-0.25, -0.2) is 4.39 Å². The maximum absolute atomic E-state index is 13.6. The molecule has 0 radical (unpaired) electrons. The second-order valence-electron chi connectivity index (χ2n) is 9.50. The van der Waals surface area contributed by atoms with Gasteiger partial charge in [0.05, 0.1) is 17.5 Å². The van der Waals surface area contributed by atoms with Crippen molar-refractivity contribution in [3.63, 3.8) is 0 Å². The van der Waals surface area contributed by atoms with Crippen molar-refractivity contribution in [2.75, 3.05) is 4.90 Å². The first-order valence-electron chi connectivity index (χ1n) is 12.8. The van der Waals surface area contributed by atoms with E-state index >= 15 is 0 Å². The molecule has 5 aromatic rings. The number of hydrogen-bond donors (Lipinski definition) is 0. The summed E-state index contributed by atoms with van der Waals surface area (Å²) in [6.07, 6.45) is 0.482. The average Bonchev–Trinajstić information content (AvgIpc) is 3.41. The molecule has 1 fully saturated rings. The highest BCUT2D eigenvalue weighted by Gasteiger charge is 2.48. The third-order valence-electron chi connectivity index (χ3n) is 7.05. The van der Waals surface area contributed by atoms with Crippen LogP contribution in [0.1, 0.15) is 34.8 Å². The first-order chi connectivity index (χ1) is 19.1. The van der Waals surface area contributed by atoms with E-state index < -0.39 is 5.92 Å². The lowest BCUT2D eigenvalue weighted by atomic mass is 9.79. The number of aromatic nitrogens is 3. The van der Waals surface area contributed by atoms with Gasteiger partial charge in [0, 0.05) is 12.1 Å². The van der Waals surface area contributed by atoms with Gasteiger partial charge in [-0.2, -0.15) is 4.68 Å². The van der Waals surface area contributed by atoms with Crippen molar-refractivity contribution in [1.29, 1.82) is 0 Å². The number of hydrogen-bond acceptors (Lipinski definition) is 5. The van der Waals surface area contributed by atoms with Crippen molar-refractivity contribution in [3.8, 4) is 5.75 Å². The van der Waals surface area contributed by atoms with Crippen LogP contribution in [0.4, 0.5) is 10.1 Å². The van der Waals surface area contributed by atoms with E-state index in [-0.39, 0.29) is 30.1 Å². The van der Waals surface area contributed by atoms with Crippen molar-refractivity contribution >= 4 is 28.5 Å². The van der Waals surface area contributed by atoms with Crippen LogP contribution in [0.5, 0.6) is 5.75 Å². The molecule has 1 aromatic heterocycles. The number of β-lactam (4-membered cyclic amide) rings is 1. The van der Waals surface area contributed by atoms with Gasteiger partial charge in [0.1, 0.15) is 23.7 Å². The van der Waals surface area contributed by atoms with Crippen LogP contribution in [0.2, 0.25) is 0 Å². The number of benzene rings is 4. The Labute approximate surface area is 224 Å². The lowest BCUT2D eigenvalue weighted by molar-refractivity contribution is -0.130. The number of rotatable bonds is 8. The molecule has 2 unspecified atom stereocenters. The minimum atomic E-state index is -0.412. The molecule has 0 saturated carbocycles. The van der Waals surface area contributed by atoms with Gasteiger partial charge >= 0.3 is 0 Å². The molecule has 8 heteroatoms. The monoisotopic (exact) mass is 520 g/mol. The molecule has 0 bridgehead atoms. The van der Waals surface area contributed by atoms with Crippen molar-refractivity contribution in [1.82, 2.24) is 15.0 Å². The average molecular weight is 521 g/mol. The summed E-state index contributed by atoms with van der Waals surface area (Å²) < 4.78 is 20.8. The zero-order valence-corrected chi connectivity index (χ0v) is 21.0. The van der Waals surface area contributed by atoms with Gasteiger partial charge in [0.25, 0.3) is 0 Å². The predicted molar refractivity (Wildman–Crippen MR) is 145 cm³/mol. The molecule has 1 amide bonds. The molecule has 1 saturated heterocycles. The second-order valence-corrected chi connectivity index (χ2v) is 9.50. The van der Waals surface area contributed by atoms with Crippen LogP contribution in [0, 0.1) is 11.7 Å². The number of anilines is 1. The maximum atomic E-state index is 13.6. The maximum Gasteiger partial charge on any atom is 0.248 e. The fourth-order valence-corrected chi connectivity index (χ4v) is 5.04. The van der Waals surface area contributed by atoms with E-state index in [0.29, 0.717) is 35.5 Å². The number of nitrogens with zero attached hydrogens (tertiary/aromatic N) is 4. The number of halogens is 1. The Morgan fingerprint density at radius 3 is 2.36 bits per heavy atom. The van der Waals surface area contributed by atoms with Crippen molar-refractivity contribution in [3.05, 3.63) is 120 Å². The Morgan fingerprint density at radius 1 is 0.872 bits per heavy atom. The standard InChI is InChI=1S/C31H25FN4O3/c32-23-12-14-24(15-13-23)35-30(22-10-16-25(17-11-22)39-20-21-6-2-1-3-7-21)26(31(35)38)18-19-29(37)36-28-9-5-4-8-27(28)33-34-36/h1-17,26,30H,18-20H2. The van der Waals surface area contributed by atoms with Crippen LogP contribution < -0.4 is 9.64 Å². The Morgan fingerprint density at radius 2 is 1.59 bits per heavy atom. The fourth-order valence-electron chi connectivity index (χ4n) is 5.04. The Kier molecular flexibility index (Phi) is 6.59. The van der Waals surface area contributed by atoms with Gasteiger partial charge < -0.3 is 9.64 Å². The number of ether oxygens (including phenoxy) is 1. The number of amides is 1. The molecule has 6 rings (SSSR count). The van der Waals surface area contributed by atoms with Gasteiger partial charge in [-0.05, 0) is 66.1 Å². The summed E-state index contributed by atoms with van der Waals surface area (Å²) in [6.45, 7) is 0.450. The Balaban J connectivity index is 1.21. The highest BCUT2D eigenvalue weighted by atomic mass is 19.1. The van der Waals surface area contributed by atoms with E-state index in [1.807, 2.05) is 66.7 Å². The normalized spacial score (nSPS) is 16.7. The van der Waals surface area contributed by atoms with Crippen LogP contribution in [0.3, 0.4) is 0 Å². The highest BCUT2D eigenvalue weighted by molar-refractivity contribution is 6.03. The molecule has 0 aliphatic carbocycles. The van der Waals surface area contributed by atoms with Gasteiger partial charge in [0.2, 0.25) is 11.8 Å². The summed E-state index contributed by atoms with van der Waals surface area (Å²) in [7, 11) is 0. The van der Waals surface area contributed by atoms with Crippen LogP contribution in [0.25, 0.3) is 11.0 Å². The van der Waals surface area contributed by atoms with Crippen LogP contribution in [0.15, 0.2) is 103 Å². The van der Waals surface area contributed by atoms with Gasteiger partial charge in [0.15, 0.2) is 0 Å². The van der Waals surface area contributed by atoms with Crippen molar-refractivity contribution in [2.24, 2.45) is 5.92 Å². The minimum Gasteiger partial charge on any atom is -0.489 e. The molecule has 1 aliphatic heterocycles. The number of para-hydroxylation sites is 1. The lowest BCUT2D eigenvalue weighted by Crippen LogP contribution is -2.55. The largest absolute Gasteiger partial charge is 0.489 e. The van der Waals surface area contributed by atoms with E-state index in [2.05, 4.69) is 10.3 Å². The summed E-state index contributed by atoms with van der Waals surface area (Å²) >= 11 is 0. The Bertz CT molecular complexity index is 1620. The van der Waals surface area contributed by atoms with Gasteiger partial charge in [-0.15, -0.1) is 5.10 Å². The topological polar surface area (TPSA) is 77.3 Å².